The number of aryl methyl sites for hydroxylation is 2. The Morgan fingerprint density at radius 1 is 0.511 bits per heavy atom. The van der Waals surface area contributed by atoms with E-state index in [2.05, 4.69) is 0 Å². The van der Waals surface area contributed by atoms with Crippen molar-refractivity contribution in [2.45, 2.75) is 110 Å². The van der Waals surface area contributed by atoms with Crippen LogP contribution in [0, 0.1) is 0 Å². The highest BCUT2D eigenvalue weighted by Crippen LogP contribution is 2.37. The highest BCUT2D eigenvalue weighted by atomic mass is 16.7. The van der Waals surface area contributed by atoms with Gasteiger partial charge in [0.1, 0.15) is 0 Å². The fourth-order valence-corrected chi connectivity index (χ4v) is 5.67. The van der Waals surface area contributed by atoms with E-state index in [9.17, 15) is 14.4 Å². The number of benzene rings is 3. The third-order valence-corrected chi connectivity index (χ3v) is 10.3. The lowest BCUT2D eigenvalue weighted by Gasteiger charge is -2.32. The molecule has 0 bridgehead atoms. The third kappa shape index (κ3) is 7.54. The average Bonchev–Trinajstić information content (AvgIpc) is 3.37. The van der Waals surface area contributed by atoms with Crippen LogP contribution in [0.25, 0.3) is 0 Å². The van der Waals surface area contributed by atoms with Gasteiger partial charge >= 0.3 is 14.2 Å². The summed E-state index contributed by atoms with van der Waals surface area (Å²) in [5.74, 6) is -0.0267. The highest BCUT2D eigenvalue weighted by Gasteiger charge is 2.52. The Bertz CT molecular complexity index is 1510. The summed E-state index contributed by atoms with van der Waals surface area (Å²) in [6, 6.07) is 20.5. The lowest BCUT2D eigenvalue weighted by atomic mass is 9.78. The smallest absolute Gasteiger partial charge is 0.399 e. The molecule has 2 aliphatic rings. The van der Waals surface area contributed by atoms with Crippen LogP contribution in [-0.4, -0.2) is 54.0 Å². The number of hydrogen-bond acceptors (Lipinski definition) is 7. The lowest BCUT2D eigenvalue weighted by Crippen LogP contribution is -2.41. The molecule has 0 N–H and O–H groups in total. The maximum Gasteiger partial charge on any atom is 0.494 e. The summed E-state index contributed by atoms with van der Waals surface area (Å²) in [4.78, 5) is 38.6. The fourth-order valence-electron chi connectivity index (χ4n) is 5.67. The number of Topliss-reactive ketones (excluding diaryl/α,β-unsaturated/α-hetero) is 3. The van der Waals surface area contributed by atoms with Crippen LogP contribution < -0.4 is 10.9 Å². The van der Waals surface area contributed by atoms with Gasteiger partial charge in [-0.25, -0.2) is 0 Å². The van der Waals surface area contributed by atoms with Gasteiger partial charge in [-0.3, -0.25) is 14.4 Å². The largest absolute Gasteiger partial charge is 0.494 e. The van der Waals surface area contributed by atoms with Gasteiger partial charge in [-0.1, -0.05) is 54.6 Å². The number of ketones is 3. The fraction of sp³-hybridized carbons (Fsp3) is 0.447. The molecular weight excluding hydrogens is 590 g/mol. The maximum atomic E-state index is 13.1. The minimum atomic E-state index is -0.482. The summed E-state index contributed by atoms with van der Waals surface area (Å²) in [5, 5.41) is 0. The van der Waals surface area contributed by atoms with E-state index in [1.165, 1.54) is 6.92 Å². The normalized spacial score (nSPS) is 19.2. The van der Waals surface area contributed by atoms with Gasteiger partial charge in [0.05, 0.1) is 22.4 Å². The Labute approximate surface area is 280 Å². The number of carbonyl (C=O) groups is 3. The van der Waals surface area contributed by atoms with Crippen molar-refractivity contribution in [1.82, 2.24) is 0 Å². The van der Waals surface area contributed by atoms with Gasteiger partial charge in [0, 0.05) is 29.5 Å². The molecule has 0 spiro atoms. The Morgan fingerprint density at radius 3 is 1.13 bits per heavy atom. The Balaban J connectivity index is 1.18. The van der Waals surface area contributed by atoms with Crippen molar-refractivity contribution < 1.29 is 33.0 Å². The average molecular weight is 636 g/mol. The predicted molar refractivity (Wildman–Crippen MR) is 186 cm³/mol. The first kappa shape index (κ1) is 35.0. The highest BCUT2D eigenvalue weighted by molar-refractivity contribution is 6.62. The zero-order valence-corrected chi connectivity index (χ0v) is 29.2. The molecule has 9 heteroatoms. The van der Waals surface area contributed by atoms with Crippen molar-refractivity contribution in [3.8, 4) is 0 Å². The minimum Gasteiger partial charge on any atom is -0.399 e. The summed E-state index contributed by atoms with van der Waals surface area (Å²) in [7, 11) is -0.964. The van der Waals surface area contributed by atoms with E-state index in [-0.39, 0.29) is 17.3 Å². The van der Waals surface area contributed by atoms with Gasteiger partial charge in [-0.15, -0.1) is 0 Å². The standard InChI is InChI=1S/C38H46B2O7/c1-25(41)30-23-26(10-20-33(42)28-12-16-31(17-13-28)39-44-35(2,3)36(4,5)45-39)22-27(24-30)11-21-34(43)29-14-18-32(19-15-29)40-46-37(6,7)38(8,9)47-40/h12-19,22-24H,10-11,20-21H2,1-9H3. The zero-order valence-electron chi connectivity index (χ0n) is 29.2. The van der Waals surface area contributed by atoms with E-state index in [4.69, 9.17) is 18.6 Å². The van der Waals surface area contributed by atoms with Crippen molar-refractivity contribution in [3.63, 3.8) is 0 Å². The molecule has 3 aromatic carbocycles. The minimum absolute atomic E-state index is 0.0133. The van der Waals surface area contributed by atoms with Gasteiger partial charge in [0.15, 0.2) is 17.3 Å². The molecule has 2 heterocycles. The molecule has 47 heavy (non-hydrogen) atoms. The van der Waals surface area contributed by atoms with E-state index in [0.29, 0.717) is 42.4 Å². The van der Waals surface area contributed by atoms with Gasteiger partial charge in [-0.2, -0.15) is 0 Å². The molecule has 0 radical (unpaired) electrons. The molecule has 2 fully saturated rings. The van der Waals surface area contributed by atoms with E-state index in [0.717, 1.165) is 22.1 Å². The molecule has 0 aromatic heterocycles. The van der Waals surface area contributed by atoms with Crippen LogP contribution in [-0.2, 0) is 31.5 Å². The van der Waals surface area contributed by atoms with Crippen LogP contribution >= 0.6 is 0 Å². The number of rotatable bonds is 11. The van der Waals surface area contributed by atoms with Gasteiger partial charge in [0.25, 0.3) is 0 Å². The Kier molecular flexibility index (Phi) is 9.61. The lowest BCUT2D eigenvalue weighted by molar-refractivity contribution is 0.00578. The van der Waals surface area contributed by atoms with Crippen molar-refractivity contribution in [2.75, 3.05) is 0 Å². The summed E-state index contributed by atoms with van der Waals surface area (Å²) >= 11 is 0. The van der Waals surface area contributed by atoms with E-state index in [1.807, 2.05) is 122 Å². The molecule has 2 saturated heterocycles. The van der Waals surface area contributed by atoms with Crippen LogP contribution in [0.15, 0.2) is 66.7 Å². The Hall–Kier alpha value is -3.36. The molecule has 7 nitrogen and oxygen atoms in total. The van der Waals surface area contributed by atoms with Gasteiger partial charge in [-0.05, 0) is 109 Å². The molecule has 246 valence electrons. The predicted octanol–water partition coefficient (Wildman–Crippen LogP) is 6.12. The molecule has 5 rings (SSSR count). The molecule has 0 atom stereocenters. The summed E-state index contributed by atoms with van der Waals surface area (Å²) in [5.41, 5.74) is 3.60. The van der Waals surface area contributed by atoms with E-state index >= 15 is 0 Å². The topological polar surface area (TPSA) is 88.1 Å². The molecule has 0 unspecified atom stereocenters. The quantitative estimate of drug-likeness (QED) is 0.185. The van der Waals surface area contributed by atoms with Gasteiger partial charge < -0.3 is 18.6 Å². The first-order chi connectivity index (χ1) is 21.9. The molecule has 0 aliphatic carbocycles. The van der Waals surface area contributed by atoms with Crippen LogP contribution in [0.4, 0.5) is 0 Å². The molecule has 2 aliphatic heterocycles. The number of carbonyl (C=O) groups excluding carboxylic acids is 3. The second-order valence-electron chi connectivity index (χ2n) is 14.9. The molecular formula is C38H46B2O7. The second-order valence-corrected chi connectivity index (χ2v) is 14.9. The first-order valence-corrected chi connectivity index (χ1v) is 16.5. The van der Waals surface area contributed by atoms with Crippen LogP contribution in [0.5, 0.6) is 0 Å². The van der Waals surface area contributed by atoms with Crippen molar-refractivity contribution >= 4 is 42.5 Å². The number of hydrogen-bond donors (Lipinski definition) is 0. The van der Waals surface area contributed by atoms with Crippen LogP contribution in [0.1, 0.15) is 117 Å². The molecule has 3 aromatic rings. The molecule has 0 saturated carbocycles. The monoisotopic (exact) mass is 636 g/mol. The summed E-state index contributed by atoms with van der Waals surface area (Å²) in [6.45, 7) is 17.6. The van der Waals surface area contributed by atoms with Crippen LogP contribution in [0.3, 0.4) is 0 Å². The van der Waals surface area contributed by atoms with E-state index < -0.39 is 36.6 Å². The van der Waals surface area contributed by atoms with E-state index in [1.54, 1.807) is 0 Å². The van der Waals surface area contributed by atoms with Crippen molar-refractivity contribution in [1.29, 1.82) is 0 Å². The SMILES string of the molecule is CC(=O)c1cc(CCC(=O)c2ccc(B3OC(C)(C)C(C)(C)O3)cc2)cc(CCC(=O)c2ccc(B3OC(C)(C)C(C)(C)O3)cc2)c1. The second kappa shape index (κ2) is 12.9. The maximum absolute atomic E-state index is 13.1. The zero-order chi connectivity index (χ0) is 34.4. The van der Waals surface area contributed by atoms with Crippen molar-refractivity contribution in [2.24, 2.45) is 0 Å². The first-order valence-electron chi connectivity index (χ1n) is 16.5. The van der Waals surface area contributed by atoms with Crippen LogP contribution in [0.2, 0.25) is 0 Å². The molecule has 0 amide bonds. The summed E-state index contributed by atoms with van der Waals surface area (Å²) in [6.07, 6.45) is 1.57. The Morgan fingerprint density at radius 2 is 0.830 bits per heavy atom. The van der Waals surface area contributed by atoms with Crippen molar-refractivity contribution in [3.05, 3.63) is 94.5 Å². The third-order valence-electron chi connectivity index (χ3n) is 10.3. The summed E-state index contributed by atoms with van der Waals surface area (Å²) < 4.78 is 24.5. The van der Waals surface area contributed by atoms with Gasteiger partial charge in [0.2, 0.25) is 0 Å².